The number of benzene rings is 2. The number of hydrogen-bond acceptors (Lipinski definition) is 7. The molecule has 0 aliphatic carbocycles. The summed E-state index contributed by atoms with van der Waals surface area (Å²) in [6.45, 7) is 1.42. The number of sulfonamides is 1. The molecule has 0 saturated carbocycles. The highest BCUT2D eigenvalue weighted by atomic mass is 32.2. The van der Waals surface area contributed by atoms with Gasteiger partial charge in [0, 0.05) is 26.2 Å². The first-order chi connectivity index (χ1) is 15.0. The van der Waals surface area contributed by atoms with Crippen molar-refractivity contribution in [1.29, 1.82) is 0 Å². The number of rotatable bonds is 4. The summed E-state index contributed by atoms with van der Waals surface area (Å²) in [6.07, 6.45) is 1.46. The van der Waals surface area contributed by atoms with Crippen LogP contribution in [0.2, 0.25) is 0 Å². The van der Waals surface area contributed by atoms with Crippen molar-refractivity contribution in [2.75, 3.05) is 31.1 Å². The molecule has 1 fully saturated rings. The molecule has 1 aliphatic heterocycles. The summed E-state index contributed by atoms with van der Waals surface area (Å²) in [5.74, 6) is 0.145. The van der Waals surface area contributed by atoms with Crippen molar-refractivity contribution >= 4 is 27.0 Å². The molecule has 3 heterocycles. The van der Waals surface area contributed by atoms with Crippen LogP contribution < -0.4 is 4.90 Å². The summed E-state index contributed by atoms with van der Waals surface area (Å²) in [4.78, 5) is 10.8. The van der Waals surface area contributed by atoms with Crippen LogP contribution in [0.25, 0.3) is 16.9 Å². The van der Waals surface area contributed by atoms with Gasteiger partial charge < -0.3 is 4.90 Å². The Bertz CT molecular complexity index is 1320. The maximum atomic E-state index is 13.2. The zero-order chi connectivity index (χ0) is 21.4. The summed E-state index contributed by atoms with van der Waals surface area (Å²) >= 11 is 0. The Morgan fingerprint density at radius 2 is 1.58 bits per heavy atom. The van der Waals surface area contributed by atoms with Gasteiger partial charge in [0.2, 0.25) is 10.0 Å². The van der Waals surface area contributed by atoms with E-state index in [1.165, 1.54) is 22.8 Å². The highest BCUT2D eigenvalue weighted by Crippen LogP contribution is 2.25. The molecule has 1 aliphatic rings. The molecule has 158 valence electrons. The number of para-hydroxylation sites is 1. The number of hydrogen-bond donors (Lipinski definition) is 0. The summed E-state index contributed by atoms with van der Waals surface area (Å²) in [5.41, 5.74) is 1.98. The van der Waals surface area contributed by atoms with E-state index in [4.69, 9.17) is 0 Å². The van der Waals surface area contributed by atoms with E-state index in [-0.39, 0.29) is 18.0 Å². The summed E-state index contributed by atoms with van der Waals surface area (Å²) < 4.78 is 41.9. The molecule has 31 heavy (non-hydrogen) atoms. The number of aromatic nitrogens is 5. The lowest BCUT2D eigenvalue weighted by Gasteiger charge is -2.34. The first kappa shape index (κ1) is 19.5. The Morgan fingerprint density at radius 3 is 2.29 bits per heavy atom. The van der Waals surface area contributed by atoms with E-state index in [1.807, 2.05) is 35.2 Å². The number of fused-ring (bicyclic) bond motifs is 1. The highest BCUT2D eigenvalue weighted by molar-refractivity contribution is 7.89. The summed E-state index contributed by atoms with van der Waals surface area (Å²) in [5, 5.41) is 8.50. The Kier molecular flexibility index (Phi) is 4.83. The lowest BCUT2D eigenvalue weighted by Crippen LogP contribution is -2.49. The zero-order valence-electron chi connectivity index (χ0n) is 16.3. The monoisotopic (exact) mass is 439 g/mol. The molecule has 9 nitrogen and oxygen atoms in total. The first-order valence-electron chi connectivity index (χ1n) is 9.66. The molecule has 4 aromatic rings. The van der Waals surface area contributed by atoms with Crippen molar-refractivity contribution in [3.8, 4) is 5.69 Å². The lowest BCUT2D eigenvalue weighted by molar-refractivity contribution is 0.384. The Labute approximate surface area is 177 Å². The minimum atomic E-state index is -3.68. The number of nitrogens with zero attached hydrogens (tertiary/aromatic N) is 7. The first-order valence-corrected chi connectivity index (χ1v) is 11.1. The normalized spacial score (nSPS) is 15.5. The molecule has 0 amide bonds. The number of halogens is 1. The van der Waals surface area contributed by atoms with E-state index in [1.54, 1.807) is 4.68 Å². The molecule has 0 N–H and O–H groups in total. The van der Waals surface area contributed by atoms with Crippen molar-refractivity contribution < 1.29 is 12.8 Å². The van der Waals surface area contributed by atoms with Crippen LogP contribution in [0.3, 0.4) is 0 Å². The van der Waals surface area contributed by atoms with Gasteiger partial charge in [-0.1, -0.05) is 23.4 Å². The van der Waals surface area contributed by atoms with Gasteiger partial charge >= 0.3 is 0 Å². The van der Waals surface area contributed by atoms with Crippen LogP contribution in [-0.2, 0) is 10.0 Å². The van der Waals surface area contributed by atoms with E-state index < -0.39 is 15.8 Å². The van der Waals surface area contributed by atoms with E-state index in [0.717, 1.165) is 17.8 Å². The Balaban J connectivity index is 1.39. The van der Waals surface area contributed by atoms with Crippen molar-refractivity contribution in [2.24, 2.45) is 0 Å². The van der Waals surface area contributed by atoms with Crippen LogP contribution in [0, 0.1) is 5.82 Å². The molecule has 1 saturated heterocycles. The topological polar surface area (TPSA) is 97.1 Å². The quantitative estimate of drug-likeness (QED) is 0.479. The molecule has 0 spiro atoms. The smallest absolute Gasteiger partial charge is 0.243 e. The van der Waals surface area contributed by atoms with Crippen LogP contribution in [0.15, 0.2) is 65.8 Å². The zero-order valence-corrected chi connectivity index (χ0v) is 17.2. The molecular formula is C20H18FN7O2S. The molecule has 0 atom stereocenters. The van der Waals surface area contributed by atoms with Gasteiger partial charge in [-0.15, -0.1) is 5.10 Å². The molecule has 0 radical (unpaired) electrons. The molecular weight excluding hydrogens is 421 g/mol. The summed E-state index contributed by atoms with van der Waals surface area (Å²) in [6, 6.07) is 14.4. The Hall–Kier alpha value is -3.44. The van der Waals surface area contributed by atoms with E-state index in [0.29, 0.717) is 30.1 Å². The minimum Gasteiger partial charge on any atom is -0.352 e. The molecule has 2 aromatic heterocycles. The molecule has 0 unspecified atom stereocenters. The number of piperazine rings is 1. The second-order valence-corrected chi connectivity index (χ2v) is 8.99. The average molecular weight is 439 g/mol. The minimum absolute atomic E-state index is 0.0811. The fourth-order valence-corrected chi connectivity index (χ4v) is 5.03. The standard InChI is InChI=1S/C20H18FN7O2S/c21-15-6-8-17(9-7-15)31(29,30)27-12-10-26(11-13-27)19-18-20(23-14-22-19)28(25-24-18)16-4-2-1-3-5-16/h1-9,14H,10-13H2. The number of anilines is 1. The molecule has 0 bridgehead atoms. The predicted molar refractivity (Wildman–Crippen MR) is 112 cm³/mol. The van der Waals surface area contributed by atoms with Gasteiger partial charge in [0.25, 0.3) is 0 Å². The maximum Gasteiger partial charge on any atom is 0.243 e. The van der Waals surface area contributed by atoms with Crippen molar-refractivity contribution in [3.63, 3.8) is 0 Å². The van der Waals surface area contributed by atoms with Crippen LogP contribution in [0.5, 0.6) is 0 Å². The van der Waals surface area contributed by atoms with E-state index in [9.17, 15) is 12.8 Å². The SMILES string of the molecule is O=S(=O)(c1ccc(F)cc1)N1CCN(c2ncnc3c2nnn3-c2ccccc2)CC1. The predicted octanol–water partition coefficient (Wildman–Crippen LogP) is 1.86. The van der Waals surface area contributed by atoms with Crippen LogP contribution in [0.4, 0.5) is 10.2 Å². The second-order valence-electron chi connectivity index (χ2n) is 7.05. The fraction of sp³-hybridized carbons (Fsp3) is 0.200. The average Bonchev–Trinajstić information content (AvgIpc) is 3.24. The van der Waals surface area contributed by atoms with Gasteiger partial charge in [-0.2, -0.15) is 8.99 Å². The largest absolute Gasteiger partial charge is 0.352 e. The van der Waals surface area contributed by atoms with E-state index >= 15 is 0 Å². The Morgan fingerprint density at radius 1 is 0.871 bits per heavy atom. The van der Waals surface area contributed by atoms with Gasteiger partial charge in [0.05, 0.1) is 10.6 Å². The van der Waals surface area contributed by atoms with Crippen LogP contribution in [0.1, 0.15) is 0 Å². The summed E-state index contributed by atoms with van der Waals surface area (Å²) in [7, 11) is -3.68. The van der Waals surface area contributed by atoms with Gasteiger partial charge in [-0.3, -0.25) is 0 Å². The van der Waals surface area contributed by atoms with Crippen LogP contribution in [-0.4, -0.2) is 63.9 Å². The van der Waals surface area contributed by atoms with E-state index in [2.05, 4.69) is 20.3 Å². The van der Waals surface area contributed by atoms with Gasteiger partial charge in [0.1, 0.15) is 12.1 Å². The molecule has 5 rings (SSSR count). The fourth-order valence-electron chi connectivity index (χ4n) is 3.61. The molecule has 11 heteroatoms. The third-order valence-corrected chi connectivity index (χ3v) is 7.12. The van der Waals surface area contributed by atoms with Crippen molar-refractivity contribution in [1.82, 2.24) is 29.3 Å². The second kappa shape index (κ2) is 7.67. The van der Waals surface area contributed by atoms with Crippen molar-refractivity contribution in [3.05, 3.63) is 66.7 Å². The van der Waals surface area contributed by atoms with Gasteiger partial charge in [0.15, 0.2) is 17.0 Å². The maximum absolute atomic E-state index is 13.2. The van der Waals surface area contributed by atoms with Crippen molar-refractivity contribution in [2.45, 2.75) is 4.90 Å². The third kappa shape index (κ3) is 3.51. The third-order valence-electron chi connectivity index (χ3n) is 5.21. The molecule has 2 aromatic carbocycles. The highest BCUT2D eigenvalue weighted by Gasteiger charge is 2.30. The van der Waals surface area contributed by atoms with Gasteiger partial charge in [-0.25, -0.2) is 22.8 Å². The lowest BCUT2D eigenvalue weighted by atomic mass is 10.3. The van der Waals surface area contributed by atoms with Gasteiger partial charge in [-0.05, 0) is 36.4 Å². The van der Waals surface area contributed by atoms with Crippen LogP contribution >= 0.6 is 0 Å².